The van der Waals surface area contributed by atoms with E-state index in [-0.39, 0.29) is 0 Å². The Morgan fingerprint density at radius 1 is 1.20 bits per heavy atom. The number of imidazole rings is 1. The monoisotopic (exact) mass is 343 g/mol. The molecule has 0 aliphatic rings. The van der Waals surface area contributed by atoms with Gasteiger partial charge in [0.25, 0.3) is 0 Å². The molecule has 0 N–H and O–H groups in total. The van der Waals surface area contributed by atoms with Crippen LogP contribution < -0.4 is 9.47 Å². The number of nitrogens with zero attached hydrogens (tertiary/aromatic N) is 3. The van der Waals surface area contributed by atoms with E-state index < -0.39 is 0 Å². The summed E-state index contributed by atoms with van der Waals surface area (Å²) < 4.78 is 13.6. The molecule has 2 rings (SSSR count). The largest absolute Gasteiger partial charge is 0.490 e. The maximum atomic E-state index is 6.02. The van der Waals surface area contributed by atoms with Gasteiger partial charge in [-0.2, -0.15) is 0 Å². The second kappa shape index (κ2) is 8.92. The second-order valence-electron chi connectivity index (χ2n) is 5.66. The van der Waals surface area contributed by atoms with Crippen LogP contribution in [0.3, 0.4) is 0 Å². The van der Waals surface area contributed by atoms with Crippen molar-refractivity contribution in [3.63, 3.8) is 0 Å². The summed E-state index contributed by atoms with van der Waals surface area (Å²) in [5.41, 5.74) is 3.70. The van der Waals surface area contributed by atoms with Crippen LogP contribution in [-0.2, 0) is 18.5 Å². The quantitative estimate of drug-likeness (QED) is 0.418. The number of ether oxygens (including phenoxy) is 2. The van der Waals surface area contributed by atoms with Gasteiger partial charge in [0.05, 0.1) is 18.2 Å². The Balaban J connectivity index is 2.12. The Morgan fingerprint density at radius 2 is 1.92 bits per heavy atom. The Morgan fingerprint density at radius 3 is 2.56 bits per heavy atom. The van der Waals surface area contributed by atoms with E-state index in [1.807, 2.05) is 56.7 Å². The van der Waals surface area contributed by atoms with Crippen molar-refractivity contribution in [3.05, 3.63) is 53.1 Å². The summed E-state index contributed by atoms with van der Waals surface area (Å²) in [6, 6.07) is 3.97. The van der Waals surface area contributed by atoms with Gasteiger partial charge in [-0.3, -0.25) is 0 Å². The third kappa shape index (κ3) is 4.86. The zero-order valence-corrected chi connectivity index (χ0v) is 15.4. The Hall–Kier alpha value is -2.76. The summed E-state index contributed by atoms with van der Waals surface area (Å²) in [5, 5.41) is 3.81. The number of hydrogen-bond acceptors (Lipinski definition) is 5. The molecule has 6 nitrogen and oxygen atoms in total. The van der Waals surface area contributed by atoms with Gasteiger partial charge < -0.3 is 18.9 Å². The minimum atomic E-state index is 0.354. The molecule has 0 unspecified atom stereocenters. The maximum Gasteiger partial charge on any atom is 0.132 e. The molecule has 0 spiro atoms. The summed E-state index contributed by atoms with van der Waals surface area (Å²) >= 11 is 0. The molecule has 0 fully saturated rings. The van der Waals surface area contributed by atoms with E-state index in [4.69, 9.17) is 14.3 Å². The molecule has 0 atom stereocenters. The average Bonchev–Trinajstić information content (AvgIpc) is 2.92. The van der Waals surface area contributed by atoms with Crippen LogP contribution in [-0.4, -0.2) is 29.5 Å². The number of benzene rings is 1. The van der Waals surface area contributed by atoms with Gasteiger partial charge in [-0.25, -0.2) is 4.98 Å². The van der Waals surface area contributed by atoms with Gasteiger partial charge in [-0.15, -0.1) is 0 Å². The van der Waals surface area contributed by atoms with Crippen molar-refractivity contribution in [1.29, 1.82) is 0 Å². The van der Waals surface area contributed by atoms with Gasteiger partial charge in [0.15, 0.2) is 0 Å². The summed E-state index contributed by atoms with van der Waals surface area (Å²) in [6.45, 7) is 6.91. The zero-order chi connectivity index (χ0) is 18.2. The van der Waals surface area contributed by atoms with Crippen LogP contribution in [0, 0.1) is 13.8 Å². The van der Waals surface area contributed by atoms with Crippen LogP contribution in [0.4, 0.5) is 0 Å². The molecule has 0 aliphatic heterocycles. The van der Waals surface area contributed by atoms with Crippen LogP contribution in [0.15, 0.2) is 35.8 Å². The van der Waals surface area contributed by atoms with E-state index in [0.29, 0.717) is 13.2 Å². The molecule has 2 aromatic rings. The van der Waals surface area contributed by atoms with Crippen molar-refractivity contribution in [3.8, 4) is 11.5 Å². The number of allylic oxidation sites excluding steroid dienone is 1. The summed E-state index contributed by atoms with van der Waals surface area (Å²) in [6.07, 6.45) is 7.30. The molecular formula is C19H25N3O3. The smallest absolute Gasteiger partial charge is 0.132 e. The number of aryl methyl sites for hydroxylation is 3. The van der Waals surface area contributed by atoms with E-state index in [0.717, 1.165) is 34.0 Å². The molecule has 0 aliphatic carbocycles. The number of aromatic nitrogens is 2. The van der Waals surface area contributed by atoms with E-state index in [1.54, 1.807) is 12.5 Å². The first-order valence-corrected chi connectivity index (χ1v) is 8.11. The SMILES string of the molecule is C/C=C/COc1cc(C)c(OCc2ncn(C)c2C=NOC)c(C)c1. The average molecular weight is 343 g/mol. The number of hydrogen-bond donors (Lipinski definition) is 0. The molecule has 1 heterocycles. The van der Waals surface area contributed by atoms with Crippen molar-refractivity contribution in [1.82, 2.24) is 9.55 Å². The molecule has 0 saturated carbocycles. The standard InChI is InChI=1S/C19H25N3O3/c1-6-7-8-24-16-9-14(2)19(15(3)10-16)25-12-17-18(11-21-23-5)22(4)13-20-17/h6-7,9-11,13H,8,12H2,1-5H3/b7-6+,21-11?. The Labute approximate surface area is 148 Å². The van der Waals surface area contributed by atoms with Crippen LogP contribution in [0.2, 0.25) is 0 Å². The predicted molar refractivity (Wildman–Crippen MR) is 98.4 cm³/mol. The van der Waals surface area contributed by atoms with Gasteiger partial charge in [0, 0.05) is 7.05 Å². The first-order chi connectivity index (χ1) is 12.1. The van der Waals surface area contributed by atoms with Gasteiger partial charge in [0.2, 0.25) is 0 Å². The third-order valence-electron chi connectivity index (χ3n) is 3.71. The normalized spacial score (nSPS) is 11.4. The van der Waals surface area contributed by atoms with Crippen LogP contribution in [0.25, 0.3) is 0 Å². The summed E-state index contributed by atoms with van der Waals surface area (Å²) in [5.74, 6) is 1.69. The topological polar surface area (TPSA) is 57.9 Å². The molecule has 1 aromatic heterocycles. The fraction of sp³-hybridized carbons (Fsp3) is 0.368. The Bertz CT molecular complexity index is 740. The fourth-order valence-electron chi connectivity index (χ4n) is 2.47. The number of rotatable bonds is 8. The van der Waals surface area contributed by atoms with Crippen molar-refractivity contribution in [2.45, 2.75) is 27.4 Å². The van der Waals surface area contributed by atoms with E-state index in [1.165, 1.54) is 7.11 Å². The minimum Gasteiger partial charge on any atom is -0.490 e. The lowest BCUT2D eigenvalue weighted by atomic mass is 10.1. The van der Waals surface area contributed by atoms with Crippen LogP contribution >= 0.6 is 0 Å². The predicted octanol–water partition coefficient (Wildman–Crippen LogP) is 3.55. The van der Waals surface area contributed by atoms with Crippen LogP contribution in [0.5, 0.6) is 11.5 Å². The Kier molecular flexibility index (Phi) is 6.62. The lowest BCUT2D eigenvalue weighted by Gasteiger charge is -2.14. The third-order valence-corrected chi connectivity index (χ3v) is 3.71. The minimum absolute atomic E-state index is 0.354. The first-order valence-electron chi connectivity index (χ1n) is 8.11. The summed E-state index contributed by atoms with van der Waals surface area (Å²) in [4.78, 5) is 9.12. The van der Waals surface area contributed by atoms with Crippen molar-refractivity contribution < 1.29 is 14.3 Å². The van der Waals surface area contributed by atoms with Crippen molar-refractivity contribution >= 4 is 6.21 Å². The lowest BCUT2D eigenvalue weighted by Crippen LogP contribution is -2.04. The van der Waals surface area contributed by atoms with Crippen LogP contribution in [0.1, 0.15) is 29.4 Å². The van der Waals surface area contributed by atoms with Crippen molar-refractivity contribution in [2.24, 2.45) is 12.2 Å². The molecule has 0 radical (unpaired) electrons. The molecule has 0 saturated heterocycles. The molecular weight excluding hydrogens is 318 g/mol. The highest BCUT2D eigenvalue weighted by molar-refractivity contribution is 5.78. The molecule has 0 bridgehead atoms. The fourth-order valence-corrected chi connectivity index (χ4v) is 2.47. The molecule has 6 heteroatoms. The lowest BCUT2D eigenvalue weighted by molar-refractivity contribution is 0.215. The second-order valence-corrected chi connectivity index (χ2v) is 5.66. The molecule has 1 aromatic carbocycles. The van der Waals surface area contributed by atoms with E-state index in [2.05, 4.69) is 10.1 Å². The maximum absolute atomic E-state index is 6.02. The molecule has 0 amide bonds. The highest BCUT2D eigenvalue weighted by Gasteiger charge is 2.11. The van der Waals surface area contributed by atoms with Gasteiger partial charge in [0.1, 0.15) is 37.5 Å². The highest BCUT2D eigenvalue weighted by Crippen LogP contribution is 2.29. The van der Waals surface area contributed by atoms with Gasteiger partial charge >= 0.3 is 0 Å². The van der Waals surface area contributed by atoms with E-state index >= 15 is 0 Å². The van der Waals surface area contributed by atoms with Crippen molar-refractivity contribution in [2.75, 3.05) is 13.7 Å². The zero-order valence-electron chi connectivity index (χ0n) is 15.4. The van der Waals surface area contributed by atoms with Gasteiger partial charge in [-0.05, 0) is 44.0 Å². The van der Waals surface area contributed by atoms with E-state index in [9.17, 15) is 0 Å². The summed E-state index contributed by atoms with van der Waals surface area (Å²) in [7, 11) is 3.41. The number of oxime groups is 1. The highest BCUT2D eigenvalue weighted by atomic mass is 16.6. The molecule has 134 valence electrons. The first kappa shape index (κ1) is 18.6. The molecule has 25 heavy (non-hydrogen) atoms. The van der Waals surface area contributed by atoms with Gasteiger partial charge in [-0.1, -0.05) is 17.3 Å².